The van der Waals surface area contributed by atoms with Crippen molar-refractivity contribution in [3.8, 4) is 0 Å². The van der Waals surface area contributed by atoms with Gasteiger partial charge in [0.15, 0.2) is 0 Å². The molecule has 0 radical (unpaired) electrons. The number of nitrogens with two attached hydrogens (primary N) is 1. The number of thiophene rings is 1. The number of rotatable bonds is 4. The largest absolute Gasteiger partial charge is 0.326 e. The van der Waals surface area contributed by atoms with Crippen LogP contribution >= 0.6 is 11.3 Å². The molecule has 0 spiro atoms. The van der Waals surface area contributed by atoms with Gasteiger partial charge >= 0.3 is 0 Å². The molecule has 1 rings (SSSR count). The second kappa shape index (κ2) is 4.60. The molecular weight excluding hydrogens is 168 g/mol. The van der Waals surface area contributed by atoms with Crippen molar-refractivity contribution in [2.45, 2.75) is 12.5 Å². The molecule has 1 atom stereocenters. The first-order valence-corrected chi connectivity index (χ1v) is 4.99. The third-order valence-electron chi connectivity index (χ3n) is 1.64. The smallest absolute Gasteiger partial charge is 0.0216 e. The summed E-state index contributed by atoms with van der Waals surface area (Å²) in [6.45, 7) is 0.956. The molecule has 3 heteroatoms. The van der Waals surface area contributed by atoms with Crippen LogP contribution in [-0.4, -0.2) is 31.6 Å². The lowest BCUT2D eigenvalue weighted by atomic mass is 10.2. The van der Waals surface area contributed by atoms with E-state index in [1.165, 1.54) is 4.88 Å². The Morgan fingerprint density at radius 2 is 2.33 bits per heavy atom. The predicted octanol–water partition coefficient (Wildman–Crippen LogP) is 1.18. The summed E-state index contributed by atoms with van der Waals surface area (Å²) in [4.78, 5) is 3.50. The van der Waals surface area contributed by atoms with Gasteiger partial charge in [-0.05, 0) is 32.0 Å². The molecule has 1 heterocycles. The van der Waals surface area contributed by atoms with Gasteiger partial charge in [0.2, 0.25) is 0 Å². The van der Waals surface area contributed by atoms with Crippen molar-refractivity contribution in [3.05, 3.63) is 22.4 Å². The molecule has 0 saturated heterocycles. The van der Waals surface area contributed by atoms with Crippen molar-refractivity contribution in [1.82, 2.24) is 4.90 Å². The van der Waals surface area contributed by atoms with Crippen LogP contribution in [0, 0.1) is 0 Å². The van der Waals surface area contributed by atoms with Gasteiger partial charge in [-0.1, -0.05) is 6.07 Å². The minimum Gasteiger partial charge on any atom is -0.326 e. The molecule has 1 aromatic heterocycles. The Balaban J connectivity index is 2.32. The third-order valence-corrected chi connectivity index (χ3v) is 2.54. The van der Waals surface area contributed by atoms with E-state index in [1.54, 1.807) is 11.3 Å². The van der Waals surface area contributed by atoms with Crippen molar-refractivity contribution in [2.75, 3.05) is 20.6 Å². The van der Waals surface area contributed by atoms with Gasteiger partial charge in [-0.25, -0.2) is 0 Å². The SMILES string of the molecule is CN(C)C[C@@H](N)Cc1cccs1. The Labute approximate surface area is 78.0 Å². The van der Waals surface area contributed by atoms with E-state index in [4.69, 9.17) is 5.73 Å². The number of hydrogen-bond acceptors (Lipinski definition) is 3. The highest BCUT2D eigenvalue weighted by Crippen LogP contribution is 2.10. The molecule has 2 N–H and O–H groups in total. The Kier molecular flexibility index (Phi) is 3.72. The maximum atomic E-state index is 5.93. The maximum Gasteiger partial charge on any atom is 0.0216 e. The number of nitrogens with zero attached hydrogens (tertiary/aromatic N) is 1. The summed E-state index contributed by atoms with van der Waals surface area (Å²) >= 11 is 1.78. The molecule has 0 bridgehead atoms. The molecule has 0 unspecified atom stereocenters. The van der Waals surface area contributed by atoms with Gasteiger partial charge in [-0.15, -0.1) is 11.3 Å². The highest BCUT2D eigenvalue weighted by Gasteiger charge is 2.05. The summed E-state index contributed by atoms with van der Waals surface area (Å²) in [5, 5.41) is 2.09. The van der Waals surface area contributed by atoms with Crippen molar-refractivity contribution in [3.63, 3.8) is 0 Å². The fraction of sp³-hybridized carbons (Fsp3) is 0.556. The average molecular weight is 184 g/mol. The highest BCUT2D eigenvalue weighted by atomic mass is 32.1. The Morgan fingerprint density at radius 1 is 1.58 bits per heavy atom. The fourth-order valence-corrected chi connectivity index (χ4v) is 2.02. The summed E-state index contributed by atoms with van der Waals surface area (Å²) in [5.41, 5.74) is 5.93. The van der Waals surface area contributed by atoms with Crippen LogP contribution in [0.5, 0.6) is 0 Å². The van der Waals surface area contributed by atoms with Gasteiger partial charge in [0.1, 0.15) is 0 Å². The summed E-state index contributed by atoms with van der Waals surface area (Å²) in [7, 11) is 4.10. The third kappa shape index (κ3) is 3.34. The average Bonchev–Trinajstić information content (AvgIpc) is 2.37. The molecule has 1 aromatic rings. The van der Waals surface area contributed by atoms with Gasteiger partial charge in [0.05, 0.1) is 0 Å². The second-order valence-electron chi connectivity index (χ2n) is 3.31. The standard InChI is InChI=1S/C9H16N2S/c1-11(2)7-8(10)6-9-4-3-5-12-9/h3-5,8H,6-7,10H2,1-2H3/t8-/m0/s1. The second-order valence-corrected chi connectivity index (χ2v) is 4.34. The van der Waals surface area contributed by atoms with Crippen molar-refractivity contribution in [1.29, 1.82) is 0 Å². The van der Waals surface area contributed by atoms with E-state index >= 15 is 0 Å². The topological polar surface area (TPSA) is 29.3 Å². The minimum atomic E-state index is 0.263. The molecule has 12 heavy (non-hydrogen) atoms. The normalized spacial score (nSPS) is 13.7. The number of likely N-dealkylation sites (N-methyl/N-ethyl adjacent to an activating group) is 1. The lowest BCUT2D eigenvalue weighted by molar-refractivity contribution is 0.372. The van der Waals surface area contributed by atoms with Gasteiger partial charge < -0.3 is 10.6 Å². The molecule has 0 fully saturated rings. The molecule has 0 aromatic carbocycles. The van der Waals surface area contributed by atoms with Crippen LogP contribution in [0.1, 0.15) is 4.88 Å². The van der Waals surface area contributed by atoms with E-state index in [-0.39, 0.29) is 6.04 Å². The minimum absolute atomic E-state index is 0.263. The van der Waals surface area contributed by atoms with Crippen LogP contribution in [0.25, 0.3) is 0 Å². The summed E-state index contributed by atoms with van der Waals surface area (Å²) in [6, 6.07) is 4.47. The lowest BCUT2D eigenvalue weighted by Crippen LogP contribution is -2.34. The summed E-state index contributed by atoms with van der Waals surface area (Å²) in [5.74, 6) is 0. The van der Waals surface area contributed by atoms with Crippen molar-refractivity contribution in [2.24, 2.45) is 5.73 Å². The molecule has 0 aliphatic rings. The van der Waals surface area contributed by atoms with Crippen molar-refractivity contribution >= 4 is 11.3 Å². The van der Waals surface area contributed by atoms with Gasteiger partial charge in [0, 0.05) is 17.5 Å². The monoisotopic (exact) mass is 184 g/mol. The van der Waals surface area contributed by atoms with Crippen LogP contribution in [0.3, 0.4) is 0 Å². The van der Waals surface area contributed by atoms with Gasteiger partial charge in [0.25, 0.3) is 0 Å². The fourth-order valence-electron chi connectivity index (χ4n) is 1.22. The highest BCUT2D eigenvalue weighted by molar-refractivity contribution is 7.09. The van der Waals surface area contributed by atoms with Crippen LogP contribution in [0.2, 0.25) is 0 Å². The first-order valence-electron chi connectivity index (χ1n) is 4.11. The Morgan fingerprint density at radius 3 is 2.83 bits per heavy atom. The zero-order valence-corrected chi connectivity index (χ0v) is 8.47. The van der Waals surface area contributed by atoms with Crippen LogP contribution in [0.4, 0.5) is 0 Å². The lowest BCUT2D eigenvalue weighted by Gasteiger charge is -2.15. The van der Waals surface area contributed by atoms with Crippen LogP contribution in [-0.2, 0) is 6.42 Å². The van der Waals surface area contributed by atoms with Crippen LogP contribution < -0.4 is 5.73 Å². The molecule has 2 nitrogen and oxygen atoms in total. The zero-order chi connectivity index (χ0) is 8.97. The van der Waals surface area contributed by atoms with E-state index < -0.39 is 0 Å². The maximum absolute atomic E-state index is 5.93. The molecule has 0 saturated carbocycles. The molecule has 0 aliphatic carbocycles. The predicted molar refractivity (Wildman–Crippen MR) is 54.6 cm³/mol. The summed E-state index contributed by atoms with van der Waals surface area (Å²) in [6.07, 6.45) is 0.996. The molecular formula is C9H16N2S. The zero-order valence-electron chi connectivity index (χ0n) is 7.66. The van der Waals surface area contributed by atoms with E-state index in [2.05, 4.69) is 22.4 Å². The Hall–Kier alpha value is -0.380. The molecule has 0 amide bonds. The first kappa shape index (κ1) is 9.71. The van der Waals surface area contributed by atoms with Crippen LogP contribution in [0.15, 0.2) is 17.5 Å². The van der Waals surface area contributed by atoms with Crippen molar-refractivity contribution < 1.29 is 0 Å². The molecule has 68 valence electrons. The van der Waals surface area contributed by atoms with E-state index in [1.807, 2.05) is 14.1 Å². The van der Waals surface area contributed by atoms with E-state index in [0.29, 0.717) is 0 Å². The quantitative estimate of drug-likeness (QED) is 0.761. The first-order chi connectivity index (χ1) is 5.68. The van der Waals surface area contributed by atoms with Gasteiger partial charge in [-0.3, -0.25) is 0 Å². The van der Waals surface area contributed by atoms with E-state index in [0.717, 1.165) is 13.0 Å². The Bertz CT molecular complexity index is 206. The number of hydrogen-bond donors (Lipinski definition) is 1. The van der Waals surface area contributed by atoms with E-state index in [9.17, 15) is 0 Å². The summed E-state index contributed by atoms with van der Waals surface area (Å²) < 4.78 is 0. The molecule has 0 aliphatic heterocycles. The van der Waals surface area contributed by atoms with Gasteiger partial charge in [-0.2, -0.15) is 0 Å².